The highest BCUT2D eigenvalue weighted by Crippen LogP contribution is 2.13. The molecule has 2 aromatic carbocycles. The Bertz CT molecular complexity index is 513. The van der Waals surface area contributed by atoms with E-state index in [-0.39, 0.29) is 6.61 Å². The summed E-state index contributed by atoms with van der Waals surface area (Å²) in [6, 6.07) is 17.3. The molecule has 0 aliphatic carbocycles. The summed E-state index contributed by atoms with van der Waals surface area (Å²) in [5, 5.41) is 22.0. The molecule has 0 aliphatic rings. The van der Waals surface area contributed by atoms with Gasteiger partial charge >= 0.3 is 0 Å². The zero-order valence-electron chi connectivity index (χ0n) is 11.9. The standard InChI is InChI=1S/C17H21NO3/c19-10-11-21-16-8-6-14(7-9-16)12-18-13-17(20)15-4-2-1-3-5-15/h1-9,17-20H,10-13H2/t17-/m0/s1. The van der Waals surface area contributed by atoms with Crippen molar-refractivity contribution < 1.29 is 14.9 Å². The topological polar surface area (TPSA) is 61.7 Å². The van der Waals surface area contributed by atoms with Crippen LogP contribution in [0.25, 0.3) is 0 Å². The predicted molar refractivity (Wildman–Crippen MR) is 82.1 cm³/mol. The minimum atomic E-state index is -0.502. The first-order chi connectivity index (χ1) is 10.3. The molecule has 0 heterocycles. The van der Waals surface area contributed by atoms with Gasteiger partial charge in [0, 0.05) is 13.1 Å². The molecule has 3 N–H and O–H groups in total. The van der Waals surface area contributed by atoms with Crippen molar-refractivity contribution in [2.45, 2.75) is 12.6 Å². The summed E-state index contributed by atoms with van der Waals surface area (Å²) in [6.07, 6.45) is -0.502. The SMILES string of the molecule is OCCOc1ccc(CNC[C@H](O)c2ccccc2)cc1. The third-order valence-electron chi connectivity index (χ3n) is 3.13. The van der Waals surface area contributed by atoms with Gasteiger partial charge in [0.05, 0.1) is 12.7 Å². The highest BCUT2D eigenvalue weighted by molar-refractivity contribution is 5.27. The maximum atomic E-state index is 10.0. The Labute approximate surface area is 125 Å². The van der Waals surface area contributed by atoms with Crippen molar-refractivity contribution in [3.63, 3.8) is 0 Å². The smallest absolute Gasteiger partial charge is 0.119 e. The lowest BCUT2D eigenvalue weighted by Crippen LogP contribution is -2.21. The van der Waals surface area contributed by atoms with E-state index in [0.717, 1.165) is 16.9 Å². The first-order valence-corrected chi connectivity index (χ1v) is 7.06. The molecule has 21 heavy (non-hydrogen) atoms. The molecule has 0 saturated carbocycles. The van der Waals surface area contributed by atoms with Crippen molar-refractivity contribution in [2.24, 2.45) is 0 Å². The second kappa shape index (κ2) is 8.42. The van der Waals surface area contributed by atoms with Crippen molar-refractivity contribution in [3.8, 4) is 5.75 Å². The molecule has 0 fully saturated rings. The molecule has 0 aromatic heterocycles. The summed E-state index contributed by atoms with van der Waals surface area (Å²) in [5.41, 5.74) is 2.03. The largest absolute Gasteiger partial charge is 0.491 e. The number of rotatable bonds is 8. The van der Waals surface area contributed by atoms with Crippen LogP contribution in [0.15, 0.2) is 54.6 Å². The molecule has 4 nitrogen and oxygen atoms in total. The number of hydrogen-bond acceptors (Lipinski definition) is 4. The van der Waals surface area contributed by atoms with Crippen molar-refractivity contribution in [1.82, 2.24) is 5.32 Å². The summed E-state index contributed by atoms with van der Waals surface area (Å²) in [4.78, 5) is 0. The second-order valence-corrected chi connectivity index (χ2v) is 4.77. The predicted octanol–water partition coefficient (Wildman–Crippen LogP) is 1.88. The number of aliphatic hydroxyl groups is 2. The van der Waals surface area contributed by atoms with Crippen molar-refractivity contribution in [2.75, 3.05) is 19.8 Å². The molecule has 0 amide bonds. The lowest BCUT2D eigenvalue weighted by molar-refractivity contribution is 0.174. The quantitative estimate of drug-likeness (QED) is 0.694. The molecule has 4 heteroatoms. The number of aliphatic hydroxyl groups excluding tert-OH is 2. The third-order valence-corrected chi connectivity index (χ3v) is 3.13. The maximum absolute atomic E-state index is 10.0. The zero-order chi connectivity index (χ0) is 14.9. The first-order valence-electron chi connectivity index (χ1n) is 7.06. The van der Waals surface area contributed by atoms with Gasteiger partial charge in [0.15, 0.2) is 0 Å². The summed E-state index contributed by atoms with van der Waals surface area (Å²) < 4.78 is 5.30. The van der Waals surface area contributed by atoms with Crippen LogP contribution in [0.4, 0.5) is 0 Å². The molecule has 2 aromatic rings. The molecule has 0 unspecified atom stereocenters. The summed E-state index contributed by atoms with van der Waals surface area (Å²) in [6.45, 7) is 1.51. The molecule has 0 saturated heterocycles. The van der Waals surface area contributed by atoms with Crippen LogP contribution in [0.2, 0.25) is 0 Å². The van der Waals surface area contributed by atoms with Gasteiger partial charge in [-0.15, -0.1) is 0 Å². The second-order valence-electron chi connectivity index (χ2n) is 4.77. The minimum Gasteiger partial charge on any atom is -0.491 e. The first kappa shape index (κ1) is 15.5. The Hall–Kier alpha value is -1.88. The summed E-state index contributed by atoms with van der Waals surface area (Å²) in [7, 11) is 0. The Kier molecular flexibility index (Phi) is 6.22. The molecule has 0 spiro atoms. The van der Waals surface area contributed by atoms with Crippen LogP contribution in [0.1, 0.15) is 17.2 Å². The fourth-order valence-corrected chi connectivity index (χ4v) is 2.01. The number of hydrogen-bond donors (Lipinski definition) is 3. The number of ether oxygens (including phenoxy) is 1. The highest BCUT2D eigenvalue weighted by Gasteiger charge is 2.05. The average molecular weight is 287 g/mol. The van der Waals surface area contributed by atoms with Gasteiger partial charge in [0.25, 0.3) is 0 Å². The van der Waals surface area contributed by atoms with Crippen LogP contribution in [-0.4, -0.2) is 30.0 Å². The monoisotopic (exact) mass is 287 g/mol. The van der Waals surface area contributed by atoms with Gasteiger partial charge in [-0.25, -0.2) is 0 Å². The lowest BCUT2D eigenvalue weighted by Gasteiger charge is -2.12. The van der Waals surface area contributed by atoms with E-state index in [1.54, 1.807) is 0 Å². The molecule has 0 bridgehead atoms. The van der Waals surface area contributed by atoms with E-state index >= 15 is 0 Å². The fourth-order valence-electron chi connectivity index (χ4n) is 2.01. The van der Waals surface area contributed by atoms with Crippen LogP contribution in [0.5, 0.6) is 5.75 Å². The molecule has 112 valence electrons. The van der Waals surface area contributed by atoms with Crippen LogP contribution < -0.4 is 10.1 Å². The van der Waals surface area contributed by atoms with E-state index in [4.69, 9.17) is 9.84 Å². The maximum Gasteiger partial charge on any atom is 0.119 e. The Morgan fingerprint density at radius 2 is 1.71 bits per heavy atom. The fraction of sp³-hybridized carbons (Fsp3) is 0.294. The van der Waals surface area contributed by atoms with E-state index in [1.807, 2.05) is 54.6 Å². The van der Waals surface area contributed by atoms with Gasteiger partial charge < -0.3 is 20.3 Å². The van der Waals surface area contributed by atoms with E-state index in [9.17, 15) is 5.11 Å². The van der Waals surface area contributed by atoms with Crippen LogP contribution in [0, 0.1) is 0 Å². The van der Waals surface area contributed by atoms with E-state index < -0.39 is 6.10 Å². The molecular formula is C17H21NO3. The van der Waals surface area contributed by atoms with Crippen LogP contribution in [0.3, 0.4) is 0 Å². The van der Waals surface area contributed by atoms with E-state index in [2.05, 4.69) is 5.32 Å². The molecular weight excluding hydrogens is 266 g/mol. The lowest BCUT2D eigenvalue weighted by atomic mass is 10.1. The normalized spacial score (nSPS) is 12.1. The van der Waals surface area contributed by atoms with Crippen LogP contribution >= 0.6 is 0 Å². The third kappa shape index (κ3) is 5.19. The van der Waals surface area contributed by atoms with Crippen molar-refractivity contribution in [1.29, 1.82) is 0 Å². The average Bonchev–Trinajstić information content (AvgIpc) is 2.55. The van der Waals surface area contributed by atoms with E-state index in [0.29, 0.717) is 19.7 Å². The Morgan fingerprint density at radius 1 is 1.00 bits per heavy atom. The van der Waals surface area contributed by atoms with Gasteiger partial charge in [0.1, 0.15) is 12.4 Å². The summed E-state index contributed by atoms with van der Waals surface area (Å²) >= 11 is 0. The minimum absolute atomic E-state index is 0.0146. The van der Waals surface area contributed by atoms with Gasteiger partial charge in [-0.2, -0.15) is 0 Å². The molecule has 0 aliphatic heterocycles. The molecule has 0 radical (unpaired) electrons. The molecule has 2 rings (SSSR count). The molecule has 1 atom stereocenters. The van der Waals surface area contributed by atoms with Crippen LogP contribution in [-0.2, 0) is 6.54 Å². The van der Waals surface area contributed by atoms with Gasteiger partial charge in [-0.3, -0.25) is 0 Å². The summed E-state index contributed by atoms with van der Waals surface area (Å²) in [5.74, 6) is 0.747. The highest BCUT2D eigenvalue weighted by atomic mass is 16.5. The Morgan fingerprint density at radius 3 is 2.38 bits per heavy atom. The van der Waals surface area contributed by atoms with Crippen molar-refractivity contribution >= 4 is 0 Å². The van der Waals surface area contributed by atoms with Gasteiger partial charge in [-0.1, -0.05) is 42.5 Å². The zero-order valence-corrected chi connectivity index (χ0v) is 11.9. The van der Waals surface area contributed by atoms with Crippen molar-refractivity contribution in [3.05, 3.63) is 65.7 Å². The van der Waals surface area contributed by atoms with Gasteiger partial charge in [0.2, 0.25) is 0 Å². The number of benzene rings is 2. The van der Waals surface area contributed by atoms with E-state index in [1.165, 1.54) is 0 Å². The number of nitrogens with one attached hydrogen (secondary N) is 1. The Balaban J connectivity index is 1.75. The van der Waals surface area contributed by atoms with Gasteiger partial charge in [-0.05, 0) is 23.3 Å².